The maximum absolute atomic E-state index is 9.07. The molecule has 0 aliphatic heterocycles. The Balaban J connectivity index is 1.92. The van der Waals surface area contributed by atoms with Gasteiger partial charge >= 0.3 is 7.12 Å². The van der Waals surface area contributed by atoms with Gasteiger partial charge in [0.2, 0.25) is 0 Å². The highest BCUT2D eigenvalue weighted by molar-refractivity contribution is 6.58. The number of pyridine rings is 1. The minimum atomic E-state index is -1.46. The normalized spacial score (nSPS) is 10.5. The molecular weight excluding hydrogens is 267 g/mol. The summed E-state index contributed by atoms with van der Waals surface area (Å²) in [7, 11) is -1.46. The first-order valence-electron chi connectivity index (χ1n) is 6.34. The predicted molar refractivity (Wildman–Crippen MR) is 77.6 cm³/mol. The standard InChI is InChI=1S/C14H11BN4O2/c16-7-12-5-6-13-14(18-12)19(9-17-13)8-10-1-3-11(4-2-10)15(20)21/h1-6,9,20-21H,8H2. The lowest BCUT2D eigenvalue weighted by molar-refractivity contribution is 0.426. The molecule has 0 bridgehead atoms. The fraction of sp³-hybridized carbons (Fsp3) is 0.0714. The molecule has 0 fully saturated rings. The van der Waals surface area contributed by atoms with Gasteiger partial charge in [0.15, 0.2) is 5.65 Å². The van der Waals surface area contributed by atoms with Gasteiger partial charge in [0, 0.05) is 0 Å². The maximum atomic E-state index is 9.07. The van der Waals surface area contributed by atoms with Crippen molar-refractivity contribution in [1.29, 1.82) is 5.26 Å². The second-order valence-electron chi connectivity index (χ2n) is 4.64. The molecule has 7 heteroatoms. The molecule has 0 saturated carbocycles. The lowest BCUT2D eigenvalue weighted by atomic mass is 9.80. The fourth-order valence-electron chi connectivity index (χ4n) is 2.11. The molecule has 0 aliphatic carbocycles. The highest BCUT2D eigenvalue weighted by atomic mass is 16.4. The molecule has 0 spiro atoms. The van der Waals surface area contributed by atoms with E-state index in [-0.39, 0.29) is 0 Å². The van der Waals surface area contributed by atoms with Crippen LogP contribution in [0.3, 0.4) is 0 Å². The molecule has 0 radical (unpaired) electrons. The molecule has 2 aromatic heterocycles. The summed E-state index contributed by atoms with van der Waals surface area (Å²) in [6.45, 7) is 0.542. The largest absolute Gasteiger partial charge is 0.488 e. The number of imidazole rings is 1. The molecule has 0 atom stereocenters. The van der Waals surface area contributed by atoms with Gasteiger partial charge in [0.25, 0.3) is 0 Å². The third kappa shape index (κ3) is 2.63. The van der Waals surface area contributed by atoms with Crippen LogP contribution in [0.5, 0.6) is 0 Å². The molecule has 0 aliphatic rings. The van der Waals surface area contributed by atoms with Gasteiger partial charge in [0.1, 0.15) is 17.3 Å². The summed E-state index contributed by atoms with van der Waals surface area (Å²) < 4.78 is 1.85. The van der Waals surface area contributed by atoms with Gasteiger partial charge in [-0.1, -0.05) is 24.3 Å². The molecule has 0 amide bonds. The number of hydrogen-bond donors (Lipinski definition) is 2. The number of nitriles is 1. The molecular formula is C14H11BN4O2. The average molecular weight is 278 g/mol. The Morgan fingerprint density at radius 1 is 1.14 bits per heavy atom. The van der Waals surface area contributed by atoms with Gasteiger partial charge in [-0.15, -0.1) is 0 Å². The van der Waals surface area contributed by atoms with Crippen molar-refractivity contribution in [3.63, 3.8) is 0 Å². The van der Waals surface area contributed by atoms with Gasteiger partial charge in [-0.2, -0.15) is 5.26 Å². The SMILES string of the molecule is N#Cc1ccc2ncn(Cc3ccc(B(O)O)cc3)c2n1. The van der Waals surface area contributed by atoms with E-state index in [2.05, 4.69) is 9.97 Å². The summed E-state index contributed by atoms with van der Waals surface area (Å²) in [6, 6.07) is 12.4. The van der Waals surface area contributed by atoms with E-state index in [4.69, 9.17) is 15.3 Å². The van der Waals surface area contributed by atoms with Crippen LogP contribution < -0.4 is 5.46 Å². The Morgan fingerprint density at radius 2 is 1.90 bits per heavy atom. The maximum Gasteiger partial charge on any atom is 0.488 e. The van der Waals surface area contributed by atoms with Crippen LogP contribution in [0, 0.1) is 11.3 Å². The quantitative estimate of drug-likeness (QED) is 0.659. The van der Waals surface area contributed by atoms with E-state index in [1.54, 1.807) is 30.6 Å². The second-order valence-corrected chi connectivity index (χ2v) is 4.64. The lowest BCUT2D eigenvalue weighted by Crippen LogP contribution is -2.29. The molecule has 6 nitrogen and oxygen atoms in total. The number of fused-ring (bicyclic) bond motifs is 1. The topological polar surface area (TPSA) is 95.0 Å². The fourth-order valence-corrected chi connectivity index (χ4v) is 2.11. The molecule has 0 unspecified atom stereocenters. The van der Waals surface area contributed by atoms with E-state index in [1.807, 2.05) is 22.8 Å². The van der Waals surface area contributed by atoms with Crippen molar-refractivity contribution >= 4 is 23.7 Å². The second kappa shape index (κ2) is 5.36. The summed E-state index contributed by atoms with van der Waals surface area (Å²) in [6.07, 6.45) is 1.67. The van der Waals surface area contributed by atoms with Crippen molar-refractivity contribution in [3.05, 3.63) is 54.0 Å². The summed E-state index contributed by atoms with van der Waals surface area (Å²) in [5.41, 5.74) is 3.15. The number of rotatable bonds is 3. The van der Waals surface area contributed by atoms with E-state index >= 15 is 0 Å². The smallest absolute Gasteiger partial charge is 0.423 e. The highest BCUT2D eigenvalue weighted by Gasteiger charge is 2.10. The summed E-state index contributed by atoms with van der Waals surface area (Å²) in [5, 5.41) is 27.0. The molecule has 21 heavy (non-hydrogen) atoms. The third-order valence-corrected chi connectivity index (χ3v) is 3.21. The average Bonchev–Trinajstić information content (AvgIpc) is 2.90. The third-order valence-electron chi connectivity index (χ3n) is 3.21. The molecule has 3 rings (SSSR count). The molecule has 3 aromatic rings. The van der Waals surface area contributed by atoms with Crippen molar-refractivity contribution in [3.8, 4) is 6.07 Å². The van der Waals surface area contributed by atoms with Crippen LogP contribution in [0.2, 0.25) is 0 Å². The van der Waals surface area contributed by atoms with E-state index in [1.165, 1.54) is 0 Å². The predicted octanol–water partition coefficient (Wildman–Crippen LogP) is 0.0311. The van der Waals surface area contributed by atoms with Gasteiger partial charge < -0.3 is 14.6 Å². The molecule has 0 saturated heterocycles. The molecule has 1 aromatic carbocycles. The first kappa shape index (κ1) is 13.3. The van der Waals surface area contributed by atoms with Gasteiger partial charge in [-0.05, 0) is 23.2 Å². The first-order valence-corrected chi connectivity index (χ1v) is 6.34. The van der Waals surface area contributed by atoms with Crippen molar-refractivity contribution in [2.45, 2.75) is 6.54 Å². The summed E-state index contributed by atoms with van der Waals surface area (Å²) in [4.78, 5) is 8.50. The number of aromatic nitrogens is 3. The lowest BCUT2D eigenvalue weighted by Gasteiger charge is -2.05. The Labute approximate surface area is 121 Å². The zero-order valence-electron chi connectivity index (χ0n) is 11.0. The molecule has 102 valence electrons. The molecule has 2 heterocycles. The van der Waals surface area contributed by atoms with E-state index in [0.29, 0.717) is 23.3 Å². The zero-order chi connectivity index (χ0) is 14.8. The van der Waals surface area contributed by atoms with Gasteiger partial charge in [0.05, 0.1) is 12.9 Å². The van der Waals surface area contributed by atoms with Crippen LogP contribution in [0.25, 0.3) is 11.2 Å². The van der Waals surface area contributed by atoms with Gasteiger partial charge in [-0.25, -0.2) is 9.97 Å². The van der Waals surface area contributed by atoms with Crippen molar-refractivity contribution < 1.29 is 10.0 Å². The minimum absolute atomic E-state index is 0.350. The first-order chi connectivity index (χ1) is 10.2. The number of hydrogen-bond acceptors (Lipinski definition) is 5. The zero-order valence-corrected chi connectivity index (χ0v) is 11.0. The minimum Gasteiger partial charge on any atom is -0.423 e. The van der Waals surface area contributed by atoms with Crippen LogP contribution in [0.4, 0.5) is 0 Å². The van der Waals surface area contributed by atoms with Crippen molar-refractivity contribution in [2.24, 2.45) is 0 Å². The van der Waals surface area contributed by atoms with Crippen LogP contribution in [0.1, 0.15) is 11.3 Å². The Hall–Kier alpha value is -2.69. The Morgan fingerprint density at radius 3 is 2.57 bits per heavy atom. The van der Waals surface area contributed by atoms with Crippen LogP contribution in [-0.2, 0) is 6.54 Å². The van der Waals surface area contributed by atoms with Crippen LogP contribution in [-0.4, -0.2) is 31.7 Å². The van der Waals surface area contributed by atoms with Crippen LogP contribution >= 0.6 is 0 Å². The van der Waals surface area contributed by atoms with E-state index in [9.17, 15) is 0 Å². The van der Waals surface area contributed by atoms with E-state index in [0.717, 1.165) is 11.1 Å². The Bertz CT molecular complexity index is 821. The summed E-state index contributed by atoms with van der Waals surface area (Å²) >= 11 is 0. The van der Waals surface area contributed by atoms with Gasteiger partial charge in [-0.3, -0.25) is 0 Å². The number of nitrogens with zero attached hydrogens (tertiary/aromatic N) is 4. The highest BCUT2D eigenvalue weighted by Crippen LogP contribution is 2.13. The Kier molecular flexibility index (Phi) is 3.40. The number of benzene rings is 1. The van der Waals surface area contributed by atoms with Crippen LogP contribution in [0.15, 0.2) is 42.7 Å². The summed E-state index contributed by atoms with van der Waals surface area (Å²) in [5.74, 6) is 0. The van der Waals surface area contributed by atoms with E-state index < -0.39 is 7.12 Å². The van der Waals surface area contributed by atoms with Crippen molar-refractivity contribution in [2.75, 3.05) is 0 Å². The molecule has 2 N–H and O–H groups in total. The van der Waals surface area contributed by atoms with Crippen molar-refractivity contribution in [1.82, 2.24) is 14.5 Å². The monoisotopic (exact) mass is 278 g/mol.